The van der Waals surface area contributed by atoms with Crippen molar-refractivity contribution in [3.8, 4) is 17.8 Å². The SMILES string of the molecule is c1[n+](-c2nn[nH]n2)c[n+](-c2nn[nH]n2)c[n+]1-c1nn[nH]n1. The Bertz CT molecular complexity index is 701. The Kier molecular flexibility index (Phi) is 2.32. The molecule has 4 heterocycles. The zero-order chi connectivity index (χ0) is 14.1. The van der Waals surface area contributed by atoms with Crippen molar-refractivity contribution in [2.24, 2.45) is 0 Å². The first-order chi connectivity index (χ1) is 10.4. The van der Waals surface area contributed by atoms with Gasteiger partial charge in [0.05, 0.1) is 0 Å². The van der Waals surface area contributed by atoms with E-state index in [2.05, 4.69) is 61.9 Å². The summed E-state index contributed by atoms with van der Waals surface area (Å²) >= 11 is 0. The maximum atomic E-state index is 3.89. The van der Waals surface area contributed by atoms with Gasteiger partial charge in [-0.25, -0.2) is 0 Å². The summed E-state index contributed by atoms with van der Waals surface area (Å²) in [6, 6.07) is 0. The van der Waals surface area contributed by atoms with Gasteiger partial charge in [0.25, 0.3) is 6.33 Å². The van der Waals surface area contributed by atoms with Crippen LogP contribution in [0.4, 0.5) is 0 Å². The topological polar surface area (TPSA) is 175 Å². The third kappa shape index (κ3) is 1.93. The molecular formula is C6H6N15+3. The van der Waals surface area contributed by atoms with E-state index in [0.717, 1.165) is 0 Å². The van der Waals surface area contributed by atoms with Crippen LogP contribution in [-0.4, -0.2) is 61.9 Å². The number of nitrogens with zero attached hydrogens (tertiary/aromatic N) is 12. The van der Waals surface area contributed by atoms with Crippen LogP contribution in [0.2, 0.25) is 0 Å². The third-order valence-electron chi connectivity index (χ3n) is 2.44. The van der Waals surface area contributed by atoms with E-state index in [0.29, 0.717) is 17.8 Å². The second-order valence-corrected chi connectivity index (χ2v) is 3.70. The van der Waals surface area contributed by atoms with Gasteiger partial charge in [-0.2, -0.15) is 10.4 Å². The quantitative estimate of drug-likeness (QED) is 0.312. The molecule has 21 heavy (non-hydrogen) atoms. The van der Waals surface area contributed by atoms with Crippen molar-refractivity contribution in [2.75, 3.05) is 0 Å². The summed E-state index contributed by atoms with van der Waals surface area (Å²) < 4.78 is 4.70. The van der Waals surface area contributed by atoms with Crippen LogP contribution in [0.1, 0.15) is 0 Å². The molecule has 3 N–H and O–H groups in total. The number of tetrazole rings is 3. The van der Waals surface area contributed by atoms with Gasteiger partial charge in [-0.3, -0.25) is 0 Å². The van der Waals surface area contributed by atoms with Crippen molar-refractivity contribution < 1.29 is 13.7 Å². The van der Waals surface area contributed by atoms with Gasteiger partial charge >= 0.3 is 30.5 Å². The van der Waals surface area contributed by atoms with Gasteiger partial charge in [0.15, 0.2) is 5.10 Å². The van der Waals surface area contributed by atoms with Gasteiger partial charge in [-0.15, -0.1) is 9.13 Å². The molecule has 0 aromatic carbocycles. The number of aromatic amines is 3. The molecule has 0 fully saturated rings. The highest BCUT2D eigenvalue weighted by Crippen LogP contribution is 1.84. The van der Waals surface area contributed by atoms with Crippen molar-refractivity contribution in [2.45, 2.75) is 0 Å². The van der Waals surface area contributed by atoms with E-state index in [1.807, 2.05) is 0 Å². The van der Waals surface area contributed by atoms with Crippen LogP contribution in [-0.2, 0) is 0 Å². The smallest absolute Gasteiger partial charge is 0.173 e. The molecule has 15 heteroatoms. The molecule has 0 spiro atoms. The zero-order valence-electron chi connectivity index (χ0n) is 10.1. The highest BCUT2D eigenvalue weighted by atomic mass is 15.6. The fraction of sp³-hybridized carbons (Fsp3) is 0. The highest BCUT2D eigenvalue weighted by molar-refractivity contribution is 4.84. The Hall–Kier alpha value is -3.78. The lowest BCUT2D eigenvalue weighted by molar-refractivity contribution is -0.864. The molecule has 0 bridgehead atoms. The monoisotopic (exact) mass is 288 g/mol. The summed E-state index contributed by atoms with van der Waals surface area (Å²) in [4.78, 5) is 0. The van der Waals surface area contributed by atoms with Gasteiger partial charge in [0.1, 0.15) is 5.21 Å². The Morgan fingerprint density at radius 1 is 0.571 bits per heavy atom. The van der Waals surface area contributed by atoms with Crippen LogP contribution in [0, 0.1) is 0 Å². The fourth-order valence-electron chi connectivity index (χ4n) is 1.60. The lowest BCUT2D eigenvalue weighted by Gasteiger charge is -1.92. The number of nitrogens with one attached hydrogen (secondary N) is 3. The van der Waals surface area contributed by atoms with E-state index in [1.165, 1.54) is 0 Å². The second-order valence-electron chi connectivity index (χ2n) is 3.70. The Morgan fingerprint density at radius 2 is 0.905 bits per heavy atom. The summed E-state index contributed by atoms with van der Waals surface area (Å²) in [5.74, 6) is 0.931. The Morgan fingerprint density at radius 3 is 1.14 bits per heavy atom. The van der Waals surface area contributed by atoms with Crippen LogP contribution in [0.5, 0.6) is 0 Å². The van der Waals surface area contributed by atoms with Crippen LogP contribution < -0.4 is 13.7 Å². The molecule has 0 amide bonds. The summed E-state index contributed by atoms with van der Waals surface area (Å²) in [6.45, 7) is 0. The number of rotatable bonds is 3. The minimum Gasteiger partial charge on any atom is -0.173 e. The molecule has 0 unspecified atom stereocenters. The normalized spacial score (nSPS) is 10.9. The summed E-state index contributed by atoms with van der Waals surface area (Å²) in [6.07, 6.45) is 4.89. The summed E-state index contributed by atoms with van der Waals surface area (Å²) in [7, 11) is 0. The first-order valence-electron chi connectivity index (χ1n) is 5.50. The molecule has 0 aliphatic carbocycles. The molecule has 4 aromatic heterocycles. The molecule has 0 saturated heterocycles. The highest BCUT2D eigenvalue weighted by Gasteiger charge is 2.29. The van der Waals surface area contributed by atoms with Gasteiger partial charge in [0.2, 0.25) is 5.10 Å². The fourth-order valence-corrected chi connectivity index (χ4v) is 1.60. The molecular weight excluding hydrogens is 282 g/mol. The molecule has 0 aliphatic rings. The molecule has 0 atom stereocenters. The average Bonchev–Trinajstić information content (AvgIpc) is 3.29. The largest absolute Gasteiger partial charge is 0.654 e. The van der Waals surface area contributed by atoms with E-state index in [9.17, 15) is 0 Å². The van der Waals surface area contributed by atoms with Crippen molar-refractivity contribution >= 4 is 0 Å². The molecule has 15 nitrogen and oxygen atoms in total. The van der Waals surface area contributed by atoms with Gasteiger partial charge in [-0.05, 0) is 15.6 Å². The van der Waals surface area contributed by atoms with Crippen LogP contribution in [0.15, 0.2) is 19.0 Å². The van der Waals surface area contributed by atoms with E-state index in [1.54, 1.807) is 32.7 Å². The third-order valence-corrected chi connectivity index (χ3v) is 2.44. The second kappa shape index (κ2) is 4.40. The summed E-state index contributed by atoms with van der Waals surface area (Å²) in [5.41, 5.74) is 0. The van der Waals surface area contributed by atoms with Crippen LogP contribution in [0.3, 0.4) is 0 Å². The number of H-pyrrole nitrogens is 3. The molecule has 0 aliphatic heterocycles. The summed E-state index contributed by atoms with van der Waals surface area (Å²) in [5, 5.41) is 41.0. The minimum absolute atomic E-state index is 0.310. The van der Waals surface area contributed by atoms with E-state index < -0.39 is 0 Å². The standard InChI is InChI=1S/C6H6N15/c1-19(4-7-13-14-8-4)2-21(6-11-17-18-12-6)3-20(1)5-9-15-16-10-5/h1-3H,(H,7,8,13,14)(H,9,10,15,16)(H,11,12,17,18)/q+3. The van der Waals surface area contributed by atoms with E-state index >= 15 is 0 Å². The van der Waals surface area contributed by atoms with Crippen molar-refractivity contribution in [1.29, 1.82) is 0 Å². The molecule has 102 valence electrons. The maximum Gasteiger partial charge on any atom is 0.654 e. The van der Waals surface area contributed by atoms with Crippen molar-refractivity contribution in [3.05, 3.63) is 19.0 Å². The Labute approximate surface area is 113 Å². The molecule has 4 rings (SSSR count). The number of hydrogen-bond acceptors (Lipinski definition) is 9. The van der Waals surface area contributed by atoms with Crippen LogP contribution >= 0.6 is 0 Å². The minimum atomic E-state index is 0.310. The predicted molar refractivity (Wildman–Crippen MR) is 54.2 cm³/mol. The predicted octanol–water partition coefficient (Wildman–Crippen LogP) is -4.94. The number of hydrogen-bond donors (Lipinski definition) is 3. The number of aromatic nitrogens is 15. The zero-order valence-corrected chi connectivity index (χ0v) is 10.1. The van der Waals surface area contributed by atoms with E-state index in [-0.39, 0.29) is 0 Å². The van der Waals surface area contributed by atoms with Gasteiger partial charge in [0, 0.05) is 0 Å². The van der Waals surface area contributed by atoms with Gasteiger partial charge < -0.3 is 0 Å². The van der Waals surface area contributed by atoms with Crippen LogP contribution in [0.25, 0.3) is 17.8 Å². The molecule has 0 radical (unpaired) electrons. The van der Waals surface area contributed by atoms with E-state index in [4.69, 9.17) is 0 Å². The molecule has 4 aromatic rings. The van der Waals surface area contributed by atoms with Gasteiger partial charge in [-0.1, -0.05) is 25.0 Å². The lowest BCUT2D eigenvalue weighted by Crippen LogP contribution is -2.56. The Balaban J connectivity index is 1.92. The molecule has 0 saturated carbocycles. The van der Waals surface area contributed by atoms with Crippen molar-refractivity contribution in [3.63, 3.8) is 0 Å². The maximum absolute atomic E-state index is 3.89. The lowest BCUT2D eigenvalue weighted by atomic mass is 10.7. The first kappa shape index (κ1) is 11.1. The first-order valence-corrected chi connectivity index (χ1v) is 5.50. The average molecular weight is 288 g/mol. The van der Waals surface area contributed by atoms with Crippen molar-refractivity contribution in [1.82, 2.24) is 61.9 Å².